The van der Waals surface area contributed by atoms with Crippen molar-refractivity contribution in [2.24, 2.45) is 5.41 Å². The Kier molecular flexibility index (Phi) is 3.53. The Bertz CT molecular complexity index is 120. The van der Waals surface area contributed by atoms with E-state index in [1.807, 2.05) is 0 Å². The SMILES string of the molecule is CC(C)(C)COC1CCCOC1. The summed E-state index contributed by atoms with van der Waals surface area (Å²) in [7, 11) is 0. The minimum Gasteiger partial charge on any atom is -0.379 e. The molecule has 1 aliphatic rings. The van der Waals surface area contributed by atoms with Crippen LogP contribution in [0.1, 0.15) is 33.6 Å². The quantitative estimate of drug-likeness (QED) is 0.636. The third-order valence-electron chi connectivity index (χ3n) is 1.87. The average molecular weight is 172 g/mol. The van der Waals surface area contributed by atoms with E-state index in [1.54, 1.807) is 0 Å². The first-order valence-corrected chi connectivity index (χ1v) is 4.77. The molecule has 0 radical (unpaired) electrons. The van der Waals surface area contributed by atoms with Gasteiger partial charge in [-0.1, -0.05) is 20.8 Å². The van der Waals surface area contributed by atoms with Gasteiger partial charge in [0.2, 0.25) is 0 Å². The topological polar surface area (TPSA) is 18.5 Å². The highest BCUT2D eigenvalue weighted by molar-refractivity contribution is 4.65. The minimum absolute atomic E-state index is 0.275. The van der Waals surface area contributed by atoms with Crippen LogP contribution >= 0.6 is 0 Å². The molecular weight excluding hydrogens is 152 g/mol. The first-order chi connectivity index (χ1) is 5.58. The Morgan fingerprint density at radius 1 is 1.42 bits per heavy atom. The molecule has 0 N–H and O–H groups in total. The molecule has 0 aromatic heterocycles. The van der Waals surface area contributed by atoms with Gasteiger partial charge in [-0.2, -0.15) is 0 Å². The Labute approximate surface area is 75.2 Å². The molecule has 72 valence electrons. The van der Waals surface area contributed by atoms with Gasteiger partial charge in [0.1, 0.15) is 0 Å². The van der Waals surface area contributed by atoms with E-state index in [4.69, 9.17) is 9.47 Å². The first kappa shape index (κ1) is 10.0. The molecule has 0 aromatic rings. The van der Waals surface area contributed by atoms with E-state index >= 15 is 0 Å². The Hall–Kier alpha value is -0.0800. The molecular formula is C10H20O2. The monoisotopic (exact) mass is 172 g/mol. The fraction of sp³-hybridized carbons (Fsp3) is 1.00. The predicted octanol–water partition coefficient (Wildman–Crippen LogP) is 2.23. The van der Waals surface area contributed by atoms with Crippen molar-refractivity contribution < 1.29 is 9.47 Å². The Morgan fingerprint density at radius 3 is 2.67 bits per heavy atom. The number of ether oxygens (including phenoxy) is 2. The fourth-order valence-electron chi connectivity index (χ4n) is 1.21. The van der Waals surface area contributed by atoms with Crippen molar-refractivity contribution in [2.45, 2.75) is 39.7 Å². The molecule has 0 saturated carbocycles. The summed E-state index contributed by atoms with van der Waals surface area (Å²) in [4.78, 5) is 0. The molecule has 0 aliphatic carbocycles. The van der Waals surface area contributed by atoms with Gasteiger partial charge < -0.3 is 9.47 Å². The summed E-state index contributed by atoms with van der Waals surface area (Å²) < 4.78 is 11.0. The van der Waals surface area contributed by atoms with Gasteiger partial charge in [-0.3, -0.25) is 0 Å². The summed E-state index contributed by atoms with van der Waals surface area (Å²) in [6, 6.07) is 0. The molecule has 1 saturated heterocycles. The third-order valence-corrected chi connectivity index (χ3v) is 1.87. The second-order valence-corrected chi connectivity index (χ2v) is 4.71. The number of hydrogen-bond acceptors (Lipinski definition) is 2. The number of hydrogen-bond donors (Lipinski definition) is 0. The zero-order valence-electron chi connectivity index (χ0n) is 8.43. The van der Waals surface area contributed by atoms with E-state index < -0.39 is 0 Å². The molecule has 1 atom stereocenters. The molecule has 0 amide bonds. The van der Waals surface area contributed by atoms with Crippen LogP contribution in [0.5, 0.6) is 0 Å². The van der Waals surface area contributed by atoms with Gasteiger partial charge in [0.15, 0.2) is 0 Å². The largest absolute Gasteiger partial charge is 0.379 e. The highest BCUT2D eigenvalue weighted by atomic mass is 16.5. The molecule has 1 unspecified atom stereocenters. The van der Waals surface area contributed by atoms with Gasteiger partial charge in [0.05, 0.1) is 19.3 Å². The van der Waals surface area contributed by atoms with Crippen LogP contribution in [0.4, 0.5) is 0 Å². The molecule has 0 aromatic carbocycles. The Morgan fingerprint density at radius 2 is 2.17 bits per heavy atom. The van der Waals surface area contributed by atoms with Crippen molar-refractivity contribution in [1.82, 2.24) is 0 Å². The molecule has 1 fully saturated rings. The number of rotatable bonds is 2. The lowest BCUT2D eigenvalue weighted by molar-refractivity contribution is -0.0688. The van der Waals surface area contributed by atoms with Crippen molar-refractivity contribution in [3.05, 3.63) is 0 Å². The molecule has 0 bridgehead atoms. The standard InChI is InChI=1S/C10H20O2/c1-10(2,3)8-12-9-5-4-6-11-7-9/h9H,4-8H2,1-3H3. The summed E-state index contributed by atoms with van der Waals surface area (Å²) in [5, 5.41) is 0. The lowest BCUT2D eigenvalue weighted by Gasteiger charge is -2.26. The lowest BCUT2D eigenvalue weighted by atomic mass is 9.98. The fourth-order valence-corrected chi connectivity index (χ4v) is 1.21. The summed E-state index contributed by atoms with van der Waals surface area (Å²) in [6.07, 6.45) is 2.66. The zero-order chi connectivity index (χ0) is 9.03. The van der Waals surface area contributed by atoms with E-state index in [-0.39, 0.29) is 5.41 Å². The maximum Gasteiger partial charge on any atom is 0.0809 e. The van der Waals surface area contributed by atoms with Gasteiger partial charge >= 0.3 is 0 Å². The smallest absolute Gasteiger partial charge is 0.0809 e. The molecule has 1 heterocycles. The van der Waals surface area contributed by atoms with Gasteiger partial charge in [-0.15, -0.1) is 0 Å². The van der Waals surface area contributed by atoms with E-state index in [9.17, 15) is 0 Å². The van der Waals surface area contributed by atoms with Crippen LogP contribution in [-0.4, -0.2) is 25.9 Å². The highest BCUT2D eigenvalue weighted by Gasteiger charge is 2.17. The maximum absolute atomic E-state index is 5.72. The minimum atomic E-state index is 0.275. The second kappa shape index (κ2) is 4.24. The van der Waals surface area contributed by atoms with Crippen LogP contribution in [0, 0.1) is 5.41 Å². The molecule has 2 heteroatoms. The first-order valence-electron chi connectivity index (χ1n) is 4.77. The van der Waals surface area contributed by atoms with Crippen molar-refractivity contribution >= 4 is 0 Å². The molecule has 1 rings (SSSR count). The summed E-state index contributed by atoms with van der Waals surface area (Å²) in [6.45, 7) is 9.11. The van der Waals surface area contributed by atoms with Crippen LogP contribution in [-0.2, 0) is 9.47 Å². The van der Waals surface area contributed by atoms with Crippen molar-refractivity contribution in [1.29, 1.82) is 0 Å². The van der Waals surface area contributed by atoms with Gasteiger partial charge in [-0.05, 0) is 18.3 Å². The van der Waals surface area contributed by atoms with Crippen LogP contribution in [0.25, 0.3) is 0 Å². The van der Waals surface area contributed by atoms with Crippen LogP contribution in [0.15, 0.2) is 0 Å². The lowest BCUT2D eigenvalue weighted by Crippen LogP contribution is -2.29. The molecule has 2 nitrogen and oxygen atoms in total. The van der Waals surface area contributed by atoms with Crippen LogP contribution in [0.3, 0.4) is 0 Å². The average Bonchev–Trinajstić information content (AvgIpc) is 2.02. The summed E-state index contributed by atoms with van der Waals surface area (Å²) >= 11 is 0. The molecule has 12 heavy (non-hydrogen) atoms. The van der Waals surface area contributed by atoms with Gasteiger partial charge in [-0.25, -0.2) is 0 Å². The van der Waals surface area contributed by atoms with Crippen LogP contribution < -0.4 is 0 Å². The van der Waals surface area contributed by atoms with E-state index in [2.05, 4.69) is 20.8 Å². The normalized spacial score (nSPS) is 25.8. The second-order valence-electron chi connectivity index (χ2n) is 4.71. The predicted molar refractivity (Wildman–Crippen MR) is 49.2 cm³/mol. The Balaban J connectivity index is 2.13. The van der Waals surface area contributed by atoms with Crippen LogP contribution in [0.2, 0.25) is 0 Å². The van der Waals surface area contributed by atoms with Crippen molar-refractivity contribution in [3.63, 3.8) is 0 Å². The highest BCUT2D eigenvalue weighted by Crippen LogP contribution is 2.17. The van der Waals surface area contributed by atoms with Gasteiger partial charge in [0, 0.05) is 6.61 Å². The molecule has 1 aliphatic heterocycles. The van der Waals surface area contributed by atoms with Crippen molar-refractivity contribution in [2.75, 3.05) is 19.8 Å². The van der Waals surface area contributed by atoms with E-state index in [0.29, 0.717) is 6.10 Å². The molecule has 0 spiro atoms. The third kappa shape index (κ3) is 4.07. The van der Waals surface area contributed by atoms with E-state index in [1.165, 1.54) is 0 Å². The van der Waals surface area contributed by atoms with E-state index in [0.717, 1.165) is 32.7 Å². The summed E-state index contributed by atoms with van der Waals surface area (Å²) in [5.41, 5.74) is 0.275. The maximum atomic E-state index is 5.72. The zero-order valence-corrected chi connectivity index (χ0v) is 8.43. The van der Waals surface area contributed by atoms with Gasteiger partial charge in [0.25, 0.3) is 0 Å². The van der Waals surface area contributed by atoms with Crippen molar-refractivity contribution in [3.8, 4) is 0 Å². The summed E-state index contributed by atoms with van der Waals surface area (Å²) in [5.74, 6) is 0.